The molecule has 1 aliphatic rings. The first kappa shape index (κ1) is 12.3. The topological polar surface area (TPSA) is 45.4 Å². The van der Waals surface area contributed by atoms with Crippen LogP contribution in [0.3, 0.4) is 0 Å². The van der Waals surface area contributed by atoms with Gasteiger partial charge in [0.2, 0.25) is 0 Å². The maximum absolute atomic E-state index is 5.68. The van der Waals surface area contributed by atoms with Gasteiger partial charge in [-0.05, 0) is 44.6 Å². The molecule has 0 aromatic carbocycles. The number of nitrogens with zero attached hydrogens (tertiary/aromatic N) is 3. The molecule has 1 saturated heterocycles. The van der Waals surface area contributed by atoms with Crippen molar-refractivity contribution in [1.82, 2.24) is 9.88 Å². The highest BCUT2D eigenvalue weighted by Crippen LogP contribution is 2.18. The summed E-state index contributed by atoms with van der Waals surface area (Å²) in [6.45, 7) is 6.18. The second-order valence-corrected chi connectivity index (χ2v) is 4.88. The molecule has 1 aliphatic heterocycles. The molecule has 0 amide bonds. The van der Waals surface area contributed by atoms with Gasteiger partial charge in [-0.1, -0.05) is 0 Å². The van der Waals surface area contributed by atoms with E-state index < -0.39 is 0 Å². The van der Waals surface area contributed by atoms with Crippen molar-refractivity contribution in [3.63, 3.8) is 0 Å². The number of pyridine rings is 1. The Balaban J connectivity index is 2.19. The van der Waals surface area contributed by atoms with Crippen LogP contribution >= 0.6 is 0 Å². The maximum Gasteiger partial charge on any atom is 0.129 e. The molecule has 17 heavy (non-hydrogen) atoms. The van der Waals surface area contributed by atoms with Crippen molar-refractivity contribution in [3.05, 3.63) is 23.9 Å². The molecule has 1 aromatic rings. The molecule has 94 valence electrons. The second kappa shape index (κ2) is 5.47. The number of anilines is 1. The third-order valence-corrected chi connectivity index (χ3v) is 3.39. The second-order valence-electron chi connectivity index (χ2n) is 4.88. The predicted molar refractivity (Wildman–Crippen MR) is 71.1 cm³/mol. The van der Waals surface area contributed by atoms with Gasteiger partial charge in [-0.2, -0.15) is 0 Å². The molecule has 0 saturated carbocycles. The predicted octanol–water partition coefficient (Wildman–Crippen LogP) is 1.07. The molecule has 0 aliphatic carbocycles. The lowest BCUT2D eigenvalue weighted by Gasteiger charge is -2.29. The molecule has 1 fully saturated rings. The van der Waals surface area contributed by atoms with Gasteiger partial charge in [0.1, 0.15) is 5.82 Å². The summed E-state index contributed by atoms with van der Waals surface area (Å²) in [6, 6.07) is 4.60. The Morgan fingerprint density at radius 2 is 2.29 bits per heavy atom. The summed E-state index contributed by atoms with van der Waals surface area (Å²) in [5.74, 6) is 1.07. The van der Waals surface area contributed by atoms with E-state index in [1.165, 1.54) is 6.42 Å². The number of hydrogen-bond donors (Lipinski definition) is 1. The molecule has 2 heterocycles. The van der Waals surface area contributed by atoms with Crippen molar-refractivity contribution in [1.29, 1.82) is 0 Å². The fourth-order valence-corrected chi connectivity index (χ4v) is 2.46. The average molecular weight is 234 g/mol. The van der Waals surface area contributed by atoms with E-state index in [1.54, 1.807) is 0 Å². The summed E-state index contributed by atoms with van der Waals surface area (Å²) < 4.78 is 0. The van der Waals surface area contributed by atoms with Crippen LogP contribution in [0.15, 0.2) is 18.3 Å². The number of nitrogens with two attached hydrogens (primary N) is 1. The molecule has 2 N–H and O–H groups in total. The minimum atomic E-state index is 0.503. The first-order valence-electron chi connectivity index (χ1n) is 6.31. The molecular weight excluding hydrogens is 212 g/mol. The first-order chi connectivity index (χ1) is 8.20. The molecule has 4 nitrogen and oxygen atoms in total. The third kappa shape index (κ3) is 2.96. The van der Waals surface area contributed by atoms with Crippen LogP contribution in [0.25, 0.3) is 0 Å². The Labute approximate surface area is 103 Å². The van der Waals surface area contributed by atoms with Crippen LogP contribution in [0.5, 0.6) is 0 Å². The van der Waals surface area contributed by atoms with Crippen molar-refractivity contribution >= 4 is 5.82 Å². The van der Waals surface area contributed by atoms with Gasteiger partial charge in [0.05, 0.1) is 0 Å². The highest BCUT2D eigenvalue weighted by molar-refractivity contribution is 5.42. The largest absolute Gasteiger partial charge is 0.353 e. The van der Waals surface area contributed by atoms with Crippen molar-refractivity contribution < 1.29 is 0 Å². The summed E-state index contributed by atoms with van der Waals surface area (Å²) in [5, 5.41) is 0. The third-order valence-electron chi connectivity index (χ3n) is 3.39. The molecule has 0 spiro atoms. The molecule has 4 heteroatoms. The molecule has 1 atom stereocenters. The fraction of sp³-hybridized carbons (Fsp3) is 0.615. The van der Waals surface area contributed by atoms with Crippen molar-refractivity contribution in [2.45, 2.75) is 25.9 Å². The molecule has 0 radical (unpaired) electrons. The van der Waals surface area contributed by atoms with E-state index >= 15 is 0 Å². The van der Waals surface area contributed by atoms with Gasteiger partial charge >= 0.3 is 0 Å². The minimum absolute atomic E-state index is 0.503. The maximum atomic E-state index is 5.68. The van der Waals surface area contributed by atoms with E-state index in [2.05, 4.69) is 34.8 Å². The summed E-state index contributed by atoms with van der Waals surface area (Å²) in [5.41, 5.74) is 6.83. The van der Waals surface area contributed by atoms with Gasteiger partial charge in [-0.15, -0.1) is 0 Å². The van der Waals surface area contributed by atoms with Gasteiger partial charge in [0, 0.05) is 31.9 Å². The lowest BCUT2D eigenvalue weighted by molar-refractivity contribution is 0.337. The van der Waals surface area contributed by atoms with Crippen LogP contribution < -0.4 is 10.6 Å². The van der Waals surface area contributed by atoms with E-state index in [9.17, 15) is 0 Å². The van der Waals surface area contributed by atoms with Crippen LogP contribution in [0, 0.1) is 0 Å². The SMILES string of the molecule is CC1CN(C)CCCN1c1cc(CN)ccn1. The van der Waals surface area contributed by atoms with E-state index in [-0.39, 0.29) is 0 Å². The van der Waals surface area contributed by atoms with E-state index in [0.717, 1.165) is 31.0 Å². The van der Waals surface area contributed by atoms with Crippen LogP contribution in [0.1, 0.15) is 18.9 Å². The number of aromatic nitrogens is 1. The molecule has 1 aromatic heterocycles. The van der Waals surface area contributed by atoms with Crippen LogP contribution in [0.4, 0.5) is 5.82 Å². The zero-order valence-corrected chi connectivity index (χ0v) is 10.8. The van der Waals surface area contributed by atoms with E-state index in [1.807, 2.05) is 12.3 Å². The highest BCUT2D eigenvalue weighted by atomic mass is 15.3. The average Bonchev–Trinajstić information content (AvgIpc) is 2.50. The van der Waals surface area contributed by atoms with Crippen molar-refractivity contribution in [3.8, 4) is 0 Å². The molecule has 1 unspecified atom stereocenters. The normalized spacial score (nSPS) is 22.5. The standard InChI is InChI=1S/C13H22N4/c1-11-10-16(2)6-3-7-17(11)13-8-12(9-14)4-5-15-13/h4-5,8,11H,3,6-7,9-10,14H2,1-2H3. The lowest BCUT2D eigenvalue weighted by atomic mass is 10.2. The number of rotatable bonds is 2. The van der Waals surface area contributed by atoms with Gasteiger partial charge < -0.3 is 15.5 Å². The Hall–Kier alpha value is -1.13. The van der Waals surface area contributed by atoms with E-state index in [0.29, 0.717) is 12.6 Å². The quantitative estimate of drug-likeness (QED) is 0.831. The summed E-state index contributed by atoms with van der Waals surface area (Å²) >= 11 is 0. The Kier molecular flexibility index (Phi) is 3.97. The molecule has 2 rings (SSSR count). The Bertz CT molecular complexity index is 366. The number of likely N-dealkylation sites (N-methyl/N-ethyl adjacent to an activating group) is 1. The van der Waals surface area contributed by atoms with E-state index in [4.69, 9.17) is 5.73 Å². The van der Waals surface area contributed by atoms with Gasteiger partial charge in [0.25, 0.3) is 0 Å². The number of hydrogen-bond acceptors (Lipinski definition) is 4. The molecular formula is C13H22N4. The zero-order chi connectivity index (χ0) is 12.3. The Morgan fingerprint density at radius 3 is 3.06 bits per heavy atom. The van der Waals surface area contributed by atoms with Crippen molar-refractivity contribution in [2.24, 2.45) is 5.73 Å². The lowest BCUT2D eigenvalue weighted by Crippen LogP contribution is -2.38. The van der Waals surface area contributed by atoms with Crippen molar-refractivity contribution in [2.75, 3.05) is 31.6 Å². The van der Waals surface area contributed by atoms with Gasteiger partial charge in [0.15, 0.2) is 0 Å². The Morgan fingerprint density at radius 1 is 1.47 bits per heavy atom. The van der Waals surface area contributed by atoms with Crippen LogP contribution in [-0.2, 0) is 6.54 Å². The minimum Gasteiger partial charge on any atom is -0.353 e. The van der Waals surface area contributed by atoms with Gasteiger partial charge in [-0.3, -0.25) is 0 Å². The smallest absolute Gasteiger partial charge is 0.129 e. The summed E-state index contributed by atoms with van der Waals surface area (Å²) in [6.07, 6.45) is 3.05. The monoisotopic (exact) mass is 234 g/mol. The fourth-order valence-electron chi connectivity index (χ4n) is 2.46. The molecule has 0 bridgehead atoms. The highest BCUT2D eigenvalue weighted by Gasteiger charge is 2.20. The summed E-state index contributed by atoms with van der Waals surface area (Å²) in [4.78, 5) is 9.26. The zero-order valence-electron chi connectivity index (χ0n) is 10.8. The van der Waals surface area contributed by atoms with Crippen LogP contribution in [-0.4, -0.2) is 42.6 Å². The van der Waals surface area contributed by atoms with Crippen LogP contribution in [0.2, 0.25) is 0 Å². The first-order valence-corrected chi connectivity index (χ1v) is 6.31. The van der Waals surface area contributed by atoms with Gasteiger partial charge in [-0.25, -0.2) is 4.98 Å². The summed E-state index contributed by atoms with van der Waals surface area (Å²) in [7, 11) is 2.18.